The van der Waals surface area contributed by atoms with Crippen LogP contribution in [0.25, 0.3) is 0 Å². The number of allylic oxidation sites excluding steroid dienone is 7. The number of hydrogen-bond donors (Lipinski definition) is 1. The first-order chi connectivity index (χ1) is 8.50. The first-order valence-electron chi connectivity index (χ1n) is 6.30. The monoisotopic (exact) mass is 240 g/mol. The van der Waals surface area contributed by atoms with E-state index in [4.69, 9.17) is 0 Å². The molecule has 0 amide bonds. The molecule has 0 aromatic heterocycles. The minimum atomic E-state index is -0.543. The summed E-state index contributed by atoms with van der Waals surface area (Å²) in [5.74, 6) is 0. The molecule has 0 fully saturated rings. The van der Waals surface area contributed by atoms with Gasteiger partial charge < -0.3 is 5.11 Å². The molecule has 0 saturated carbocycles. The molecule has 2 aliphatic carbocycles. The highest BCUT2D eigenvalue weighted by molar-refractivity contribution is 5.68. The molecule has 2 rings (SSSR count). The van der Waals surface area contributed by atoms with Gasteiger partial charge in [-0.2, -0.15) is 0 Å². The Morgan fingerprint density at radius 3 is 2.72 bits per heavy atom. The average Bonchev–Trinajstić information content (AvgIpc) is 2.46. The van der Waals surface area contributed by atoms with Gasteiger partial charge in [0.1, 0.15) is 6.10 Å². The van der Waals surface area contributed by atoms with Crippen molar-refractivity contribution in [1.82, 2.24) is 0 Å². The van der Waals surface area contributed by atoms with Crippen molar-refractivity contribution >= 4 is 0 Å². The molecule has 0 aromatic carbocycles. The lowest BCUT2D eigenvalue weighted by Crippen LogP contribution is -2.07. The van der Waals surface area contributed by atoms with Crippen LogP contribution in [0.15, 0.2) is 71.4 Å². The Bertz CT molecular complexity index is 522. The van der Waals surface area contributed by atoms with Crippen molar-refractivity contribution in [2.75, 3.05) is 0 Å². The zero-order valence-corrected chi connectivity index (χ0v) is 11.3. The summed E-state index contributed by atoms with van der Waals surface area (Å²) in [5.41, 5.74) is 4.06. The zero-order chi connectivity index (χ0) is 13.3. The molecule has 0 radical (unpaired) electrons. The molecule has 18 heavy (non-hydrogen) atoms. The summed E-state index contributed by atoms with van der Waals surface area (Å²) < 4.78 is 0. The summed E-state index contributed by atoms with van der Waals surface area (Å²) in [7, 11) is 0. The molecule has 1 N–H and O–H groups in total. The maximum absolute atomic E-state index is 10.4. The van der Waals surface area contributed by atoms with Crippen LogP contribution in [0.2, 0.25) is 0 Å². The molecular weight excluding hydrogens is 220 g/mol. The molecule has 0 saturated heterocycles. The fraction of sp³-hybridized carbons (Fsp3) is 0.294. The van der Waals surface area contributed by atoms with Crippen molar-refractivity contribution in [3.05, 3.63) is 71.4 Å². The summed E-state index contributed by atoms with van der Waals surface area (Å²) in [5, 5.41) is 10.4. The summed E-state index contributed by atoms with van der Waals surface area (Å²) >= 11 is 0. The Morgan fingerprint density at radius 1 is 1.39 bits per heavy atom. The molecular formula is C17H20O. The largest absolute Gasteiger partial charge is 0.384 e. The predicted octanol–water partition coefficient (Wildman–Crippen LogP) is 3.87. The van der Waals surface area contributed by atoms with Crippen LogP contribution in [0.5, 0.6) is 0 Å². The van der Waals surface area contributed by atoms with Crippen molar-refractivity contribution in [1.29, 1.82) is 0 Å². The molecule has 94 valence electrons. The number of aliphatic hydroxyl groups is 1. The van der Waals surface area contributed by atoms with Crippen LogP contribution in [0.4, 0.5) is 0 Å². The predicted molar refractivity (Wildman–Crippen MR) is 77.1 cm³/mol. The lowest BCUT2D eigenvalue weighted by molar-refractivity contribution is 0.257. The van der Waals surface area contributed by atoms with Gasteiger partial charge in [-0.25, -0.2) is 0 Å². The van der Waals surface area contributed by atoms with Crippen LogP contribution < -0.4 is 0 Å². The van der Waals surface area contributed by atoms with E-state index in [-0.39, 0.29) is 5.41 Å². The fourth-order valence-electron chi connectivity index (χ4n) is 2.52. The maximum Gasteiger partial charge on any atom is 0.105 e. The molecule has 1 atom stereocenters. The average molecular weight is 240 g/mol. The van der Waals surface area contributed by atoms with Gasteiger partial charge in [0, 0.05) is 5.41 Å². The smallest absolute Gasteiger partial charge is 0.105 e. The van der Waals surface area contributed by atoms with E-state index in [1.54, 1.807) is 0 Å². The van der Waals surface area contributed by atoms with Gasteiger partial charge in [-0.1, -0.05) is 63.0 Å². The molecule has 0 heterocycles. The van der Waals surface area contributed by atoms with E-state index in [1.807, 2.05) is 37.3 Å². The molecule has 0 spiro atoms. The van der Waals surface area contributed by atoms with Crippen LogP contribution in [0.3, 0.4) is 0 Å². The third-order valence-corrected chi connectivity index (χ3v) is 3.37. The van der Waals surface area contributed by atoms with Crippen LogP contribution >= 0.6 is 0 Å². The molecule has 1 nitrogen and oxygen atoms in total. The second-order valence-electron chi connectivity index (χ2n) is 5.34. The molecule has 0 bridgehead atoms. The fourth-order valence-corrected chi connectivity index (χ4v) is 2.52. The van der Waals surface area contributed by atoms with Gasteiger partial charge in [0.2, 0.25) is 0 Å². The van der Waals surface area contributed by atoms with Crippen LogP contribution in [-0.2, 0) is 0 Å². The van der Waals surface area contributed by atoms with Gasteiger partial charge in [0.15, 0.2) is 0 Å². The topological polar surface area (TPSA) is 20.2 Å². The normalized spacial score (nSPS) is 25.9. The van der Waals surface area contributed by atoms with Crippen molar-refractivity contribution in [2.45, 2.75) is 26.9 Å². The summed E-state index contributed by atoms with van der Waals surface area (Å²) in [6.45, 7) is 10.2. The van der Waals surface area contributed by atoms with E-state index in [9.17, 15) is 5.11 Å². The molecule has 1 unspecified atom stereocenters. The first kappa shape index (κ1) is 12.8. The van der Waals surface area contributed by atoms with Crippen molar-refractivity contribution < 1.29 is 5.11 Å². The summed E-state index contributed by atoms with van der Waals surface area (Å²) in [6.07, 6.45) is 13.6. The third-order valence-electron chi connectivity index (χ3n) is 3.37. The Hall–Kier alpha value is -1.60. The van der Waals surface area contributed by atoms with Crippen LogP contribution in [0, 0.1) is 5.41 Å². The van der Waals surface area contributed by atoms with E-state index in [0.29, 0.717) is 0 Å². The molecule has 2 aliphatic rings. The van der Waals surface area contributed by atoms with Gasteiger partial charge >= 0.3 is 0 Å². The lowest BCUT2D eigenvalue weighted by atomic mass is 9.89. The first-order valence-corrected chi connectivity index (χ1v) is 6.30. The highest BCUT2D eigenvalue weighted by atomic mass is 16.3. The summed E-state index contributed by atoms with van der Waals surface area (Å²) in [4.78, 5) is 0. The highest BCUT2D eigenvalue weighted by Gasteiger charge is 2.31. The lowest BCUT2D eigenvalue weighted by Gasteiger charge is -2.15. The van der Waals surface area contributed by atoms with E-state index >= 15 is 0 Å². The van der Waals surface area contributed by atoms with E-state index in [2.05, 4.69) is 32.6 Å². The van der Waals surface area contributed by atoms with Crippen molar-refractivity contribution in [3.8, 4) is 0 Å². The summed E-state index contributed by atoms with van der Waals surface area (Å²) in [6, 6.07) is 0. The second-order valence-corrected chi connectivity index (χ2v) is 5.34. The molecule has 0 aromatic rings. The van der Waals surface area contributed by atoms with Gasteiger partial charge in [-0.3, -0.25) is 0 Å². The minimum absolute atomic E-state index is 0.00700. The minimum Gasteiger partial charge on any atom is -0.384 e. The van der Waals surface area contributed by atoms with Gasteiger partial charge in [0.05, 0.1) is 0 Å². The van der Waals surface area contributed by atoms with Crippen molar-refractivity contribution in [2.24, 2.45) is 5.41 Å². The van der Waals surface area contributed by atoms with Gasteiger partial charge in [-0.15, -0.1) is 0 Å². The van der Waals surface area contributed by atoms with Gasteiger partial charge in [0.25, 0.3) is 0 Å². The Labute approximate surface area is 109 Å². The number of fused-ring (bicyclic) bond motifs is 1. The maximum atomic E-state index is 10.4. The number of hydrogen-bond acceptors (Lipinski definition) is 1. The van der Waals surface area contributed by atoms with Crippen LogP contribution in [0.1, 0.15) is 20.8 Å². The third kappa shape index (κ3) is 2.06. The van der Waals surface area contributed by atoms with E-state index in [0.717, 1.165) is 22.3 Å². The second kappa shape index (κ2) is 4.58. The van der Waals surface area contributed by atoms with Crippen molar-refractivity contribution in [3.63, 3.8) is 0 Å². The Morgan fingerprint density at radius 2 is 2.11 bits per heavy atom. The quantitative estimate of drug-likeness (QED) is 0.777. The van der Waals surface area contributed by atoms with Crippen LogP contribution in [-0.4, -0.2) is 11.2 Å². The standard InChI is InChI=1S/C17H20O/c1-5-8-13-12(6-2)15-11-17(3,4)10-7-9-14(15)16(13)18/h5-11,16,18H,2H2,1,3-4H3/b8-5-. The molecule has 1 heteroatoms. The van der Waals surface area contributed by atoms with E-state index in [1.165, 1.54) is 0 Å². The Balaban J connectivity index is 2.64. The molecule has 0 aliphatic heterocycles. The van der Waals surface area contributed by atoms with Gasteiger partial charge in [-0.05, 0) is 29.2 Å². The zero-order valence-electron chi connectivity index (χ0n) is 11.3. The number of rotatable bonds is 2. The number of aliphatic hydroxyl groups excluding tert-OH is 1. The highest BCUT2D eigenvalue weighted by Crippen LogP contribution is 2.41. The van der Waals surface area contributed by atoms with E-state index < -0.39 is 6.10 Å². The SMILES string of the molecule is C=CC1=C(/C=C\C)C(O)C2=CC=CC(C)(C)C=C21. The Kier molecular flexibility index (Phi) is 3.27.